The summed E-state index contributed by atoms with van der Waals surface area (Å²) in [7, 11) is 0. The van der Waals surface area contributed by atoms with Gasteiger partial charge in [-0.1, -0.05) is 24.6 Å². The van der Waals surface area contributed by atoms with Crippen molar-refractivity contribution in [3.8, 4) is 6.07 Å². The van der Waals surface area contributed by atoms with Gasteiger partial charge in [0, 0.05) is 5.02 Å². The lowest BCUT2D eigenvalue weighted by Gasteiger charge is -2.33. The maximum atomic E-state index is 13.8. The van der Waals surface area contributed by atoms with Crippen molar-refractivity contribution in [2.24, 2.45) is 11.3 Å². The van der Waals surface area contributed by atoms with E-state index in [1.165, 1.54) is 6.07 Å². The Balaban J connectivity index is 2.18. The van der Waals surface area contributed by atoms with Crippen LogP contribution >= 0.6 is 11.6 Å². The molecule has 1 aliphatic rings. The van der Waals surface area contributed by atoms with Crippen LogP contribution in [-0.2, 0) is 6.42 Å². The van der Waals surface area contributed by atoms with Crippen LogP contribution in [0.2, 0.25) is 5.02 Å². The van der Waals surface area contributed by atoms with Gasteiger partial charge in [-0.15, -0.1) is 0 Å². The van der Waals surface area contributed by atoms with E-state index in [0.29, 0.717) is 22.9 Å². The molecule has 0 saturated heterocycles. The van der Waals surface area contributed by atoms with Crippen LogP contribution < -0.4 is 0 Å². The van der Waals surface area contributed by atoms with E-state index in [4.69, 9.17) is 11.6 Å². The van der Waals surface area contributed by atoms with Crippen molar-refractivity contribution >= 4 is 11.6 Å². The third-order valence-electron chi connectivity index (χ3n) is 4.01. The maximum absolute atomic E-state index is 13.8. The van der Waals surface area contributed by atoms with Gasteiger partial charge < -0.3 is 0 Å². The molecular weight excluding hydrogens is 249 g/mol. The van der Waals surface area contributed by atoms with Gasteiger partial charge in [0.25, 0.3) is 0 Å². The van der Waals surface area contributed by atoms with Crippen LogP contribution in [-0.4, -0.2) is 0 Å². The molecule has 1 aliphatic carbocycles. The first-order chi connectivity index (χ1) is 8.54. The molecule has 1 nitrogen and oxygen atoms in total. The Bertz CT molecular complexity index is 470. The van der Waals surface area contributed by atoms with Gasteiger partial charge in [-0.3, -0.25) is 0 Å². The first kappa shape index (κ1) is 13.4. The summed E-state index contributed by atoms with van der Waals surface area (Å²) >= 11 is 5.74. The molecule has 0 radical (unpaired) electrons. The minimum atomic E-state index is -0.388. The first-order valence-corrected chi connectivity index (χ1v) is 6.78. The Morgan fingerprint density at radius 1 is 1.44 bits per heavy atom. The quantitative estimate of drug-likeness (QED) is 0.758. The molecule has 0 bridgehead atoms. The third kappa shape index (κ3) is 2.84. The number of nitrogens with zero attached hydrogens (tertiary/aromatic N) is 1. The molecule has 18 heavy (non-hydrogen) atoms. The predicted molar refractivity (Wildman–Crippen MR) is 70.8 cm³/mol. The van der Waals surface area contributed by atoms with E-state index in [1.54, 1.807) is 12.1 Å². The predicted octanol–water partition coefficient (Wildman–Crippen LogP) is 4.74. The molecule has 0 heterocycles. The summed E-state index contributed by atoms with van der Waals surface area (Å²) in [4.78, 5) is 0. The SMILES string of the molecule is CC1CCC(C#N)(Cc2ccc(Cl)cc2F)CC1. The summed E-state index contributed by atoms with van der Waals surface area (Å²) in [5.74, 6) is 0.386. The minimum Gasteiger partial charge on any atom is -0.207 e. The molecule has 1 aromatic rings. The van der Waals surface area contributed by atoms with E-state index >= 15 is 0 Å². The molecule has 0 aromatic heterocycles. The lowest BCUT2D eigenvalue weighted by molar-refractivity contribution is 0.217. The van der Waals surface area contributed by atoms with Gasteiger partial charge >= 0.3 is 0 Å². The molecule has 1 saturated carbocycles. The van der Waals surface area contributed by atoms with Crippen molar-refractivity contribution in [2.45, 2.75) is 39.0 Å². The lowest BCUT2D eigenvalue weighted by atomic mass is 9.69. The van der Waals surface area contributed by atoms with E-state index in [0.717, 1.165) is 25.7 Å². The van der Waals surface area contributed by atoms with Crippen LogP contribution in [0.25, 0.3) is 0 Å². The molecule has 0 N–H and O–H groups in total. The average Bonchev–Trinajstić information content (AvgIpc) is 2.36. The largest absolute Gasteiger partial charge is 0.207 e. The second-order valence-electron chi connectivity index (χ2n) is 5.49. The highest BCUT2D eigenvalue weighted by molar-refractivity contribution is 6.30. The number of nitriles is 1. The summed E-state index contributed by atoms with van der Waals surface area (Å²) < 4.78 is 13.8. The second-order valence-corrected chi connectivity index (χ2v) is 5.92. The van der Waals surface area contributed by atoms with Crippen LogP contribution in [0.3, 0.4) is 0 Å². The summed E-state index contributed by atoms with van der Waals surface area (Å²) in [6.07, 6.45) is 4.35. The summed E-state index contributed by atoms with van der Waals surface area (Å²) in [6.45, 7) is 2.21. The van der Waals surface area contributed by atoms with Crippen molar-refractivity contribution in [1.82, 2.24) is 0 Å². The topological polar surface area (TPSA) is 23.8 Å². The smallest absolute Gasteiger partial charge is 0.127 e. The van der Waals surface area contributed by atoms with Gasteiger partial charge in [0.2, 0.25) is 0 Å². The van der Waals surface area contributed by atoms with Gasteiger partial charge in [-0.25, -0.2) is 4.39 Å². The Labute approximate surface area is 113 Å². The third-order valence-corrected chi connectivity index (χ3v) is 4.25. The van der Waals surface area contributed by atoms with Gasteiger partial charge in [0.15, 0.2) is 0 Å². The van der Waals surface area contributed by atoms with E-state index in [2.05, 4.69) is 13.0 Å². The summed E-state index contributed by atoms with van der Waals surface area (Å²) in [5.41, 5.74) is 0.219. The highest BCUT2D eigenvalue weighted by atomic mass is 35.5. The van der Waals surface area contributed by atoms with Gasteiger partial charge in [-0.05, 0) is 55.7 Å². The van der Waals surface area contributed by atoms with Crippen LogP contribution in [0.15, 0.2) is 18.2 Å². The van der Waals surface area contributed by atoms with Crippen LogP contribution in [0.4, 0.5) is 4.39 Å². The van der Waals surface area contributed by atoms with E-state index in [1.807, 2.05) is 0 Å². The van der Waals surface area contributed by atoms with Crippen molar-refractivity contribution < 1.29 is 4.39 Å². The molecule has 0 atom stereocenters. The molecule has 0 amide bonds. The van der Waals surface area contributed by atoms with Crippen LogP contribution in [0.1, 0.15) is 38.2 Å². The molecule has 0 aliphatic heterocycles. The molecule has 2 rings (SSSR count). The van der Waals surface area contributed by atoms with E-state index in [9.17, 15) is 9.65 Å². The average molecular weight is 266 g/mol. The zero-order valence-corrected chi connectivity index (χ0v) is 11.3. The standard InChI is InChI=1S/C15H17ClFN/c1-11-4-6-15(10-18,7-5-11)9-12-2-3-13(16)8-14(12)17/h2-3,8,11H,4-7,9H2,1H3. The van der Waals surface area contributed by atoms with Gasteiger partial charge in [-0.2, -0.15) is 5.26 Å². The highest BCUT2D eigenvalue weighted by Gasteiger charge is 2.35. The fourth-order valence-electron chi connectivity index (χ4n) is 2.67. The monoisotopic (exact) mass is 265 g/mol. The first-order valence-electron chi connectivity index (χ1n) is 6.40. The Hall–Kier alpha value is -1.07. The number of hydrogen-bond donors (Lipinski definition) is 0. The Morgan fingerprint density at radius 3 is 2.67 bits per heavy atom. The Kier molecular flexibility index (Phi) is 3.92. The number of hydrogen-bond acceptors (Lipinski definition) is 1. The number of halogens is 2. The van der Waals surface area contributed by atoms with E-state index in [-0.39, 0.29) is 11.2 Å². The molecule has 96 valence electrons. The lowest BCUT2D eigenvalue weighted by Crippen LogP contribution is -2.28. The van der Waals surface area contributed by atoms with Gasteiger partial charge in [0.05, 0.1) is 11.5 Å². The van der Waals surface area contributed by atoms with Crippen molar-refractivity contribution in [3.63, 3.8) is 0 Å². The molecule has 0 unspecified atom stereocenters. The van der Waals surface area contributed by atoms with Crippen molar-refractivity contribution in [3.05, 3.63) is 34.6 Å². The second kappa shape index (κ2) is 5.28. The fraction of sp³-hybridized carbons (Fsp3) is 0.533. The molecule has 1 aromatic carbocycles. The van der Waals surface area contributed by atoms with Crippen LogP contribution in [0.5, 0.6) is 0 Å². The van der Waals surface area contributed by atoms with Crippen LogP contribution in [0, 0.1) is 28.5 Å². The fourth-order valence-corrected chi connectivity index (χ4v) is 2.83. The summed E-state index contributed by atoms with van der Waals surface area (Å²) in [5, 5.41) is 9.84. The Morgan fingerprint density at radius 2 is 2.11 bits per heavy atom. The zero-order chi connectivity index (χ0) is 13.2. The summed E-state index contributed by atoms with van der Waals surface area (Å²) in [6, 6.07) is 7.15. The normalized spacial score (nSPS) is 27.8. The molecular formula is C15H17ClFN. The zero-order valence-electron chi connectivity index (χ0n) is 10.5. The molecule has 3 heteroatoms. The van der Waals surface area contributed by atoms with Gasteiger partial charge in [0.1, 0.15) is 5.82 Å². The molecule has 1 fully saturated rings. The minimum absolute atomic E-state index is 0.296. The number of benzene rings is 1. The maximum Gasteiger partial charge on any atom is 0.127 e. The van der Waals surface area contributed by atoms with E-state index < -0.39 is 0 Å². The van der Waals surface area contributed by atoms with Crippen molar-refractivity contribution in [1.29, 1.82) is 5.26 Å². The highest BCUT2D eigenvalue weighted by Crippen LogP contribution is 2.41. The molecule has 0 spiro atoms. The number of rotatable bonds is 2. The van der Waals surface area contributed by atoms with Crippen molar-refractivity contribution in [2.75, 3.05) is 0 Å².